The third kappa shape index (κ3) is 3.07. The molecule has 0 unspecified atom stereocenters. The molecule has 1 aliphatic carbocycles. The van der Waals surface area contributed by atoms with Crippen LogP contribution < -0.4 is 5.56 Å². The van der Waals surface area contributed by atoms with Crippen molar-refractivity contribution < 1.29 is 4.39 Å². The van der Waals surface area contributed by atoms with E-state index >= 15 is 0 Å². The summed E-state index contributed by atoms with van der Waals surface area (Å²) >= 11 is 0. The van der Waals surface area contributed by atoms with Crippen molar-refractivity contribution in [3.63, 3.8) is 0 Å². The lowest BCUT2D eigenvalue weighted by Crippen LogP contribution is -2.21. The van der Waals surface area contributed by atoms with Gasteiger partial charge < -0.3 is 0 Å². The molecule has 4 heteroatoms. The SMILES string of the molecule is O=c1c2ccc(C#Cc3ccc(F)cc3)cc2ncn1CC1CC1. The first kappa shape index (κ1) is 14.6. The van der Waals surface area contributed by atoms with Crippen molar-refractivity contribution >= 4 is 10.9 Å². The monoisotopic (exact) mass is 318 g/mol. The Labute approximate surface area is 138 Å². The highest BCUT2D eigenvalue weighted by Gasteiger charge is 2.22. The largest absolute Gasteiger partial charge is 0.298 e. The summed E-state index contributed by atoms with van der Waals surface area (Å²) < 4.78 is 14.6. The van der Waals surface area contributed by atoms with E-state index in [4.69, 9.17) is 0 Å². The van der Waals surface area contributed by atoms with Crippen LogP contribution in [0.15, 0.2) is 53.6 Å². The van der Waals surface area contributed by atoms with Crippen LogP contribution in [-0.2, 0) is 6.54 Å². The fourth-order valence-corrected chi connectivity index (χ4v) is 2.62. The molecule has 0 bridgehead atoms. The van der Waals surface area contributed by atoms with Crippen LogP contribution in [0.4, 0.5) is 4.39 Å². The van der Waals surface area contributed by atoms with Crippen molar-refractivity contribution in [1.82, 2.24) is 9.55 Å². The molecule has 0 atom stereocenters. The van der Waals surface area contributed by atoms with Gasteiger partial charge in [0.25, 0.3) is 5.56 Å². The zero-order valence-electron chi connectivity index (χ0n) is 13.0. The quantitative estimate of drug-likeness (QED) is 0.679. The standard InChI is InChI=1S/C20H15FN2O/c21-17-8-5-14(6-9-17)1-2-15-7-10-18-19(11-15)22-13-23(20(18)24)12-16-3-4-16/h5-11,13,16H,3-4,12H2. The van der Waals surface area contributed by atoms with E-state index in [1.165, 1.54) is 25.0 Å². The molecule has 3 aromatic rings. The molecule has 0 spiro atoms. The van der Waals surface area contributed by atoms with Crippen molar-refractivity contribution in [3.8, 4) is 11.8 Å². The predicted octanol–water partition coefficient (Wildman–Crippen LogP) is 3.35. The van der Waals surface area contributed by atoms with Crippen LogP contribution in [0.5, 0.6) is 0 Å². The van der Waals surface area contributed by atoms with Crippen LogP contribution in [0.3, 0.4) is 0 Å². The Morgan fingerprint density at radius 1 is 1.08 bits per heavy atom. The number of hydrogen-bond acceptors (Lipinski definition) is 2. The Bertz CT molecular complexity index is 1020. The van der Waals surface area contributed by atoms with E-state index in [-0.39, 0.29) is 11.4 Å². The number of hydrogen-bond donors (Lipinski definition) is 0. The van der Waals surface area contributed by atoms with Gasteiger partial charge in [0.2, 0.25) is 0 Å². The van der Waals surface area contributed by atoms with Gasteiger partial charge in [-0.15, -0.1) is 0 Å². The maximum atomic E-state index is 12.9. The zero-order chi connectivity index (χ0) is 16.5. The molecule has 0 aliphatic heterocycles. The molecule has 0 amide bonds. The van der Waals surface area contributed by atoms with Crippen LogP contribution in [0.2, 0.25) is 0 Å². The first-order valence-electron chi connectivity index (χ1n) is 7.96. The highest BCUT2D eigenvalue weighted by molar-refractivity contribution is 5.79. The molecular formula is C20H15FN2O. The summed E-state index contributed by atoms with van der Waals surface area (Å²) in [5, 5.41) is 0.616. The maximum Gasteiger partial charge on any atom is 0.261 e. The van der Waals surface area contributed by atoms with Gasteiger partial charge in [0.1, 0.15) is 5.82 Å². The highest BCUT2D eigenvalue weighted by Crippen LogP contribution is 2.30. The van der Waals surface area contributed by atoms with Gasteiger partial charge in [-0.1, -0.05) is 11.8 Å². The van der Waals surface area contributed by atoms with Crippen LogP contribution >= 0.6 is 0 Å². The van der Waals surface area contributed by atoms with E-state index in [1.54, 1.807) is 29.1 Å². The number of halogens is 1. The van der Waals surface area contributed by atoms with E-state index in [9.17, 15) is 9.18 Å². The molecule has 3 nitrogen and oxygen atoms in total. The summed E-state index contributed by atoms with van der Waals surface area (Å²) in [6.07, 6.45) is 4.02. The number of nitrogens with zero attached hydrogens (tertiary/aromatic N) is 2. The average Bonchev–Trinajstić information content (AvgIpc) is 3.41. The molecule has 1 aromatic heterocycles. The van der Waals surface area contributed by atoms with Gasteiger partial charge in [0.15, 0.2) is 0 Å². The topological polar surface area (TPSA) is 34.9 Å². The molecular weight excluding hydrogens is 303 g/mol. The lowest BCUT2D eigenvalue weighted by atomic mass is 10.1. The number of fused-ring (bicyclic) bond motifs is 1. The second kappa shape index (κ2) is 5.93. The summed E-state index contributed by atoms with van der Waals surface area (Å²) in [4.78, 5) is 16.9. The summed E-state index contributed by atoms with van der Waals surface area (Å²) in [5.74, 6) is 6.36. The molecule has 24 heavy (non-hydrogen) atoms. The predicted molar refractivity (Wildman–Crippen MR) is 91.1 cm³/mol. The summed E-state index contributed by atoms with van der Waals surface area (Å²) in [6.45, 7) is 0.758. The molecule has 118 valence electrons. The molecule has 0 saturated heterocycles. The van der Waals surface area contributed by atoms with E-state index < -0.39 is 0 Å². The molecule has 4 rings (SSSR count). The fraction of sp³-hybridized carbons (Fsp3) is 0.200. The second-order valence-corrected chi connectivity index (χ2v) is 6.13. The van der Waals surface area contributed by atoms with Gasteiger partial charge >= 0.3 is 0 Å². The third-order valence-corrected chi connectivity index (χ3v) is 4.17. The number of aromatic nitrogens is 2. The molecule has 1 saturated carbocycles. The van der Waals surface area contributed by atoms with Gasteiger partial charge in [0, 0.05) is 17.7 Å². The van der Waals surface area contributed by atoms with Crippen LogP contribution in [0, 0.1) is 23.6 Å². The first-order valence-corrected chi connectivity index (χ1v) is 7.96. The Kier molecular flexibility index (Phi) is 3.62. The third-order valence-electron chi connectivity index (χ3n) is 4.17. The second-order valence-electron chi connectivity index (χ2n) is 6.13. The van der Waals surface area contributed by atoms with Gasteiger partial charge in [-0.2, -0.15) is 0 Å². The van der Waals surface area contributed by atoms with Crippen molar-refractivity contribution in [2.45, 2.75) is 19.4 Å². The molecule has 1 fully saturated rings. The minimum absolute atomic E-state index is 0.00458. The smallest absolute Gasteiger partial charge is 0.261 e. The minimum atomic E-state index is -0.280. The Hall–Kier alpha value is -2.93. The van der Waals surface area contributed by atoms with Crippen LogP contribution in [0.1, 0.15) is 24.0 Å². The van der Waals surface area contributed by atoms with E-state index in [0.29, 0.717) is 16.8 Å². The van der Waals surface area contributed by atoms with Gasteiger partial charge in [-0.05, 0) is 61.2 Å². The Morgan fingerprint density at radius 3 is 2.54 bits per heavy atom. The summed E-state index contributed by atoms with van der Waals surface area (Å²) in [5.41, 5.74) is 2.17. The van der Waals surface area contributed by atoms with Gasteiger partial charge in [-0.25, -0.2) is 9.37 Å². The van der Waals surface area contributed by atoms with Crippen LogP contribution in [-0.4, -0.2) is 9.55 Å². The van der Waals surface area contributed by atoms with Crippen molar-refractivity contribution in [1.29, 1.82) is 0 Å². The van der Waals surface area contributed by atoms with E-state index in [1.807, 2.05) is 12.1 Å². The molecule has 1 heterocycles. The molecule has 1 aliphatic rings. The lowest BCUT2D eigenvalue weighted by molar-refractivity contribution is 0.602. The maximum absolute atomic E-state index is 12.9. The van der Waals surface area contributed by atoms with Crippen molar-refractivity contribution in [3.05, 3.63) is 76.1 Å². The Balaban J connectivity index is 1.66. The summed E-state index contributed by atoms with van der Waals surface area (Å²) in [7, 11) is 0. The highest BCUT2D eigenvalue weighted by atomic mass is 19.1. The average molecular weight is 318 g/mol. The number of benzene rings is 2. The number of rotatable bonds is 2. The van der Waals surface area contributed by atoms with Crippen LogP contribution in [0.25, 0.3) is 10.9 Å². The molecule has 0 N–H and O–H groups in total. The lowest BCUT2D eigenvalue weighted by Gasteiger charge is -2.05. The van der Waals surface area contributed by atoms with Gasteiger partial charge in [0.05, 0.1) is 17.2 Å². The first-order chi connectivity index (χ1) is 11.7. The zero-order valence-corrected chi connectivity index (χ0v) is 13.0. The minimum Gasteiger partial charge on any atom is -0.298 e. The summed E-state index contributed by atoms with van der Waals surface area (Å²) in [6, 6.07) is 11.5. The van der Waals surface area contributed by atoms with Crippen molar-refractivity contribution in [2.75, 3.05) is 0 Å². The molecule has 0 radical (unpaired) electrons. The van der Waals surface area contributed by atoms with Crippen molar-refractivity contribution in [2.24, 2.45) is 5.92 Å². The van der Waals surface area contributed by atoms with E-state index in [0.717, 1.165) is 17.7 Å². The van der Waals surface area contributed by atoms with Gasteiger partial charge in [-0.3, -0.25) is 9.36 Å². The molecule has 2 aromatic carbocycles. The van der Waals surface area contributed by atoms with E-state index in [2.05, 4.69) is 16.8 Å². The Morgan fingerprint density at radius 2 is 1.79 bits per heavy atom. The normalized spacial score (nSPS) is 13.5. The fourth-order valence-electron chi connectivity index (χ4n) is 2.62.